The van der Waals surface area contributed by atoms with Crippen molar-refractivity contribution >= 4 is 63.7 Å². The van der Waals surface area contributed by atoms with Crippen molar-refractivity contribution in [1.82, 2.24) is 4.98 Å². The first-order valence-corrected chi connectivity index (χ1v) is 18.2. The highest BCUT2D eigenvalue weighted by atomic mass is 35.5. The van der Waals surface area contributed by atoms with Crippen molar-refractivity contribution in [3.8, 4) is 17.2 Å². The smallest absolute Gasteiger partial charge is 0.323 e. The number of carbonyl (C=O) groups excluding carboxylic acids is 1. The maximum absolute atomic E-state index is 13.4. The summed E-state index contributed by atoms with van der Waals surface area (Å²) in [5.41, 5.74) is 4.58. The molecule has 0 aliphatic heterocycles. The summed E-state index contributed by atoms with van der Waals surface area (Å²) in [5.74, 6) is 2.21. The summed E-state index contributed by atoms with van der Waals surface area (Å²) in [6.45, 7) is 13.5. The van der Waals surface area contributed by atoms with Crippen molar-refractivity contribution < 1.29 is 18.8 Å². The third-order valence-corrected chi connectivity index (χ3v) is 9.70. The quantitative estimate of drug-likeness (QED) is 0.142. The Morgan fingerprint density at radius 1 is 0.872 bits per heavy atom. The lowest BCUT2D eigenvalue weighted by Crippen LogP contribution is -2.23. The van der Waals surface area contributed by atoms with Crippen LogP contribution in [0.5, 0.6) is 17.2 Å². The molecule has 47 heavy (non-hydrogen) atoms. The van der Waals surface area contributed by atoms with Gasteiger partial charge < -0.3 is 30.0 Å². The van der Waals surface area contributed by atoms with Gasteiger partial charge >= 0.3 is 6.03 Å². The van der Waals surface area contributed by atoms with Gasteiger partial charge in [-0.1, -0.05) is 56.6 Å². The van der Waals surface area contributed by atoms with Crippen LogP contribution in [0.2, 0.25) is 5.02 Å². The number of rotatable bonds is 8. The molecule has 0 radical (unpaired) electrons. The molecule has 244 valence electrons. The summed E-state index contributed by atoms with van der Waals surface area (Å²) in [7, 11) is -1.21. The van der Waals surface area contributed by atoms with Crippen LogP contribution in [0.3, 0.4) is 0 Å². The first-order valence-electron chi connectivity index (χ1n) is 15.2. The molecule has 0 aliphatic carbocycles. The zero-order chi connectivity index (χ0) is 34.1. The number of anilines is 4. The second-order valence-corrected chi connectivity index (χ2v) is 16.5. The van der Waals surface area contributed by atoms with Crippen LogP contribution >= 0.6 is 18.7 Å². The molecule has 10 heteroatoms. The maximum Gasteiger partial charge on any atom is 0.323 e. The largest absolute Gasteiger partial charge is 0.494 e. The molecule has 0 fully saturated rings. The molecule has 0 bridgehead atoms. The minimum Gasteiger partial charge on any atom is -0.494 e. The number of hydrogen-bond donors (Lipinski definition) is 3. The van der Waals surface area contributed by atoms with Crippen LogP contribution in [0.15, 0.2) is 79.0 Å². The zero-order valence-corrected chi connectivity index (χ0v) is 29.6. The fourth-order valence-electron chi connectivity index (χ4n) is 5.25. The van der Waals surface area contributed by atoms with Crippen molar-refractivity contribution in [2.75, 3.05) is 36.4 Å². The second kappa shape index (κ2) is 13.3. The minimum atomic E-state index is -2.72. The van der Waals surface area contributed by atoms with Gasteiger partial charge in [-0.25, -0.2) is 9.78 Å². The van der Waals surface area contributed by atoms with Gasteiger partial charge in [-0.2, -0.15) is 0 Å². The molecule has 2 amide bonds. The van der Waals surface area contributed by atoms with Crippen LogP contribution in [0, 0.1) is 13.8 Å². The number of carbonyl (C=O) groups is 1. The minimum absolute atomic E-state index is 0.242. The van der Waals surface area contributed by atoms with Crippen molar-refractivity contribution in [2.45, 2.75) is 40.0 Å². The number of ether oxygens (including phenoxy) is 2. The first-order chi connectivity index (χ1) is 22.1. The molecule has 1 heterocycles. The van der Waals surface area contributed by atoms with E-state index in [9.17, 15) is 9.36 Å². The number of urea groups is 1. The van der Waals surface area contributed by atoms with E-state index in [1.54, 1.807) is 31.7 Å². The standard InChI is InChI=1S/C37H40ClN4O4P/c1-22-17-28(38)23(2)30(18-22)40-34-21-25(15-16-39-34)46-32-14-13-29(26-11-9-10-12-27(26)32)41-36(43)42-31-19-24(37(3,4)5)20-33(35(31)45-6)47(7,8)44/h9-21H,1-8H3,(H,39,40)(H2,41,42,43). The molecule has 5 aromatic rings. The van der Waals surface area contributed by atoms with Gasteiger partial charge in [0.25, 0.3) is 0 Å². The van der Waals surface area contributed by atoms with Gasteiger partial charge in [-0.15, -0.1) is 0 Å². The van der Waals surface area contributed by atoms with E-state index >= 15 is 0 Å². The SMILES string of the molecule is COc1c(NC(=O)Nc2ccc(Oc3ccnc(Nc4cc(C)cc(Cl)c4C)c3)c3ccccc23)cc(C(C)(C)C)cc1P(C)(C)=O. The highest BCUT2D eigenvalue weighted by Gasteiger charge is 2.26. The normalized spacial score (nSPS) is 11.7. The number of nitrogens with one attached hydrogen (secondary N) is 3. The van der Waals surface area contributed by atoms with Gasteiger partial charge in [0.05, 0.1) is 23.8 Å². The van der Waals surface area contributed by atoms with E-state index < -0.39 is 13.2 Å². The number of fused-ring (bicyclic) bond motifs is 1. The highest BCUT2D eigenvalue weighted by molar-refractivity contribution is 7.70. The fourth-order valence-corrected chi connectivity index (χ4v) is 6.68. The van der Waals surface area contributed by atoms with Gasteiger partial charge in [-0.3, -0.25) is 0 Å². The van der Waals surface area contributed by atoms with Crippen molar-refractivity contribution in [1.29, 1.82) is 0 Å². The van der Waals surface area contributed by atoms with Gasteiger partial charge in [0.15, 0.2) is 5.75 Å². The Bertz CT molecular complexity index is 2030. The van der Waals surface area contributed by atoms with E-state index in [-0.39, 0.29) is 5.41 Å². The van der Waals surface area contributed by atoms with Crippen LogP contribution in [-0.4, -0.2) is 31.5 Å². The molecule has 1 aromatic heterocycles. The average molecular weight is 671 g/mol. The van der Waals surface area contributed by atoms with E-state index in [1.807, 2.05) is 74.5 Å². The predicted molar refractivity (Wildman–Crippen MR) is 196 cm³/mol. The van der Waals surface area contributed by atoms with Crippen LogP contribution in [0.25, 0.3) is 10.8 Å². The number of aromatic nitrogens is 1. The Hall–Kier alpha value is -4.52. The summed E-state index contributed by atoms with van der Waals surface area (Å²) in [5, 5.41) is 12.1. The van der Waals surface area contributed by atoms with Crippen LogP contribution in [0.4, 0.5) is 27.7 Å². The topological polar surface area (TPSA) is 102 Å². The maximum atomic E-state index is 13.4. The van der Waals surface area contributed by atoms with Crippen LogP contribution < -0.4 is 30.7 Å². The van der Waals surface area contributed by atoms with Gasteiger partial charge in [-0.05, 0) is 91.7 Å². The molecule has 0 saturated carbocycles. The summed E-state index contributed by atoms with van der Waals surface area (Å²) >= 11 is 6.39. The molecule has 0 spiro atoms. The Morgan fingerprint density at radius 3 is 2.26 bits per heavy atom. The molecule has 0 aliphatic rings. The Kier molecular flexibility index (Phi) is 9.58. The number of methoxy groups -OCH3 is 1. The van der Waals surface area contributed by atoms with Crippen molar-refractivity contribution in [3.05, 3.63) is 101 Å². The van der Waals surface area contributed by atoms with E-state index in [2.05, 4.69) is 41.7 Å². The number of pyridine rings is 1. The first kappa shape index (κ1) is 33.8. The number of nitrogens with zero attached hydrogens (tertiary/aromatic N) is 1. The molecule has 5 rings (SSSR count). The van der Waals surface area contributed by atoms with Gasteiger partial charge in [0.1, 0.15) is 24.5 Å². The van der Waals surface area contributed by atoms with Crippen LogP contribution in [-0.2, 0) is 9.98 Å². The number of aryl methyl sites for hydroxylation is 1. The lowest BCUT2D eigenvalue weighted by molar-refractivity contribution is 0.262. The lowest BCUT2D eigenvalue weighted by Gasteiger charge is -2.25. The third-order valence-electron chi connectivity index (χ3n) is 7.81. The molecular weight excluding hydrogens is 631 g/mol. The predicted octanol–water partition coefficient (Wildman–Crippen LogP) is 10.2. The van der Waals surface area contributed by atoms with E-state index in [4.69, 9.17) is 21.1 Å². The molecular formula is C37H40ClN4O4P. The lowest BCUT2D eigenvalue weighted by atomic mass is 9.86. The highest BCUT2D eigenvalue weighted by Crippen LogP contribution is 2.43. The zero-order valence-electron chi connectivity index (χ0n) is 27.9. The Labute approximate surface area is 281 Å². The molecule has 0 saturated heterocycles. The molecule has 4 aromatic carbocycles. The Balaban J connectivity index is 1.41. The molecule has 0 unspecified atom stereocenters. The molecule has 0 atom stereocenters. The summed E-state index contributed by atoms with van der Waals surface area (Å²) in [4.78, 5) is 17.9. The monoisotopic (exact) mass is 670 g/mol. The van der Waals surface area contributed by atoms with Crippen LogP contribution in [0.1, 0.15) is 37.5 Å². The van der Waals surface area contributed by atoms with E-state index in [0.29, 0.717) is 44.8 Å². The average Bonchev–Trinajstić information content (AvgIpc) is 2.99. The van der Waals surface area contributed by atoms with E-state index in [0.717, 1.165) is 33.2 Å². The van der Waals surface area contributed by atoms with Crippen molar-refractivity contribution in [3.63, 3.8) is 0 Å². The number of halogens is 1. The third kappa shape index (κ3) is 7.73. The Morgan fingerprint density at radius 2 is 1.57 bits per heavy atom. The molecule has 8 nitrogen and oxygen atoms in total. The number of hydrogen-bond acceptors (Lipinski definition) is 6. The summed E-state index contributed by atoms with van der Waals surface area (Å²) in [6.07, 6.45) is 1.68. The fraction of sp³-hybridized carbons (Fsp3) is 0.243. The van der Waals surface area contributed by atoms with E-state index in [1.165, 1.54) is 7.11 Å². The van der Waals surface area contributed by atoms with Gasteiger partial charge in [0, 0.05) is 33.7 Å². The summed E-state index contributed by atoms with van der Waals surface area (Å²) in [6, 6.07) is 22.2. The number of amides is 2. The molecule has 3 N–H and O–H groups in total. The number of benzene rings is 4. The second-order valence-electron chi connectivity index (χ2n) is 12.9. The van der Waals surface area contributed by atoms with Gasteiger partial charge in [0.2, 0.25) is 0 Å². The van der Waals surface area contributed by atoms with Crippen molar-refractivity contribution in [2.24, 2.45) is 0 Å². The summed E-state index contributed by atoms with van der Waals surface area (Å²) < 4.78 is 25.2.